The molecule has 3 atom stereocenters. The standard InChI is InChI=1S/C15H20BF2NO6S2/c1-6-11-7(2)15(27(21,22)23)8(3)12(11)16(17,18)19-10(5)14(26-25-24-20)9(4)13(6)19/h6,10-11,20H,1-5H3,(H,21,22,23). The zero-order chi connectivity index (χ0) is 20.5. The van der Waals surface area contributed by atoms with Crippen molar-refractivity contribution in [3.05, 3.63) is 32.0 Å². The summed E-state index contributed by atoms with van der Waals surface area (Å²) in [6.07, 6.45) is 0. The van der Waals surface area contributed by atoms with Crippen molar-refractivity contribution in [2.45, 2.75) is 40.7 Å². The van der Waals surface area contributed by atoms with Gasteiger partial charge in [0.25, 0.3) is 10.1 Å². The van der Waals surface area contributed by atoms with Gasteiger partial charge in [0.05, 0.1) is 21.9 Å². The van der Waals surface area contributed by atoms with Crippen LogP contribution in [0.2, 0.25) is 0 Å². The quantitative estimate of drug-likeness (QED) is 0.235. The maximum atomic E-state index is 15.6. The molecule has 27 heavy (non-hydrogen) atoms. The summed E-state index contributed by atoms with van der Waals surface area (Å²) in [6.45, 7) is 3.53. The van der Waals surface area contributed by atoms with Crippen LogP contribution >= 0.6 is 12.0 Å². The van der Waals surface area contributed by atoms with Gasteiger partial charge in [-0.25, -0.2) is 5.26 Å². The van der Waals surface area contributed by atoms with E-state index in [9.17, 15) is 13.0 Å². The number of nitrogens with zero attached hydrogens (tertiary/aromatic N) is 1. The van der Waals surface area contributed by atoms with E-state index in [1.807, 2.05) is 0 Å². The highest BCUT2D eigenvalue weighted by atomic mass is 32.2. The molecule has 150 valence electrons. The van der Waals surface area contributed by atoms with Crippen molar-refractivity contribution in [3.8, 4) is 0 Å². The van der Waals surface area contributed by atoms with Gasteiger partial charge in [-0.1, -0.05) is 23.0 Å². The molecule has 2 N–H and O–H groups in total. The number of fused-ring (bicyclic) bond motifs is 1. The van der Waals surface area contributed by atoms with Crippen molar-refractivity contribution in [2.24, 2.45) is 11.8 Å². The first-order valence-electron chi connectivity index (χ1n) is 8.30. The van der Waals surface area contributed by atoms with Gasteiger partial charge in [0.15, 0.2) is 0 Å². The first-order valence-corrected chi connectivity index (χ1v) is 10.5. The largest absolute Gasteiger partial charge is 0.636 e. The second kappa shape index (κ2) is 6.50. The molecular weight excluding hydrogens is 403 g/mol. The number of halogens is 2. The van der Waals surface area contributed by atoms with Crippen LogP contribution in [-0.2, 0) is 19.5 Å². The first-order chi connectivity index (χ1) is 12.4. The lowest BCUT2D eigenvalue weighted by molar-refractivity contribution is -0.449. The molecule has 3 rings (SSSR count). The Hall–Kier alpha value is -1.05. The van der Waals surface area contributed by atoms with E-state index in [0.717, 1.165) is 4.49 Å². The van der Waals surface area contributed by atoms with Gasteiger partial charge in [0.1, 0.15) is 11.8 Å². The molecule has 0 aromatic carbocycles. The molecule has 3 aliphatic rings. The predicted octanol–water partition coefficient (Wildman–Crippen LogP) is 3.36. The van der Waals surface area contributed by atoms with Gasteiger partial charge in [0.2, 0.25) is 0 Å². The van der Waals surface area contributed by atoms with Crippen LogP contribution in [0, 0.1) is 11.8 Å². The van der Waals surface area contributed by atoms with Crippen LogP contribution in [-0.4, -0.2) is 41.3 Å². The molecular formula is C15H20BF2NO6S2. The Morgan fingerprint density at radius 3 is 2.30 bits per heavy atom. The summed E-state index contributed by atoms with van der Waals surface area (Å²) in [5.41, 5.74) is 0.860. The lowest BCUT2D eigenvalue weighted by atomic mass is 9.56. The molecule has 7 nitrogen and oxygen atoms in total. The Balaban J connectivity index is 2.23. The fraction of sp³-hybridized carbons (Fsp3) is 0.533. The second-order valence-electron chi connectivity index (χ2n) is 7.14. The van der Waals surface area contributed by atoms with E-state index in [1.54, 1.807) is 20.8 Å². The third-order valence-electron chi connectivity index (χ3n) is 5.83. The number of hydrogen-bond donors (Lipinski definition) is 2. The van der Waals surface area contributed by atoms with E-state index in [2.05, 4.69) is 9.37 Å². The molecule has 0 aromatic rings. The molecule has 2 aliphatic heterocycles. The van der Waals surface area contributed by atoms with Crippen molar-refractivity contribution >= 4 is 34.7 Å². The average Bonchev–Trinajstić information content (AvgIpc) is 2.95. The Bertz CT molecular complexity index is 953. The van der Waals surface area contributed by atoms with Crippen molar-refractivity contribution in [3.63, 3.8) is 0 Å². The Morgan fingerprint density at radius 2 is 1.78 bits per heavy atom. The molecule has 0 fully saturated rings. The Labute approximate surface area is 160 Å². The van der Waals surface area contributed by atoms with E-state index >= 15 is 8.63 Å². The molecule has 12 heteroatoms. The number of allylic oxidation sites excluding steroid dienone is 4. The summed E-state index contributed by atoms with van der Waals surface area (Å²) in [5.74, 6) is -1.25. The SMILES string of the molecule is CC1=C(SOOO)C(C)[N+]2=C1C(C)C1C(C)=C(S(=O)(=O)O)C(C)=C1[B-]2(F)F. The molecule has 2 heterocycles. The van der Waals surface area contributed by atoms with Gasteiger partial charge in [-0.2, -0.15) is 8.42 Å². The molecule has 0 aromatic heterocycles. The van der Waals surface area contributed by atoms with Crippen LogP contribution in [0.3, 0.4) is 0 Å². The zero-order valence-corrected chi connectivity index (χ0v) is 17.0. The third kappa shape index (κ3) is 2.77. The summed E-state index contributed by atoms with van der Waals surface area (Å²) in [7, 11) is -4.62. The average molecular weight is 423 g/mol. The molecule has 3 unspecified atom stereocenters. The smallest absolute Gasteiger partial charge is 0.408 e. The third-order valence-corrected chi connectivity index (χ3v) is 7.93. The normalized spacial score (nSPS) is 30.5. The fourth-order valence-electron chi connectivity index (χ4n) is 5.04. The van der Waals surface area contributed by atoms with E-state index in [0.29, 0.717) is 28.2 Å². The Kier molecular flexibility index (Phi) is 4.98. The van der Waals surface area contributed by atoms with Crippen molar-refractivity contribution < 1.29 is 40.7 Å². The zero-order valence-electron chi connectivity index (χ0n) is 15.4. The Morgan fingerprint density at radius 1 is 1.19 bits per heavy atom. The lowest BCUT2D eigenvalue weighted by Gasteiger charge is -2.39. The van der Waals surface area contributed by atoms with Gasteiger partial charge in [-0.3, -0.25) is 4.55 Å². The van der Waals surface area contributed by atoms with Crippen LogP contribution in [0.25, 0.3) is 0 Å². The predicted molar refractivity (Wildman–Crippen MR) is 97.4 cm³/mol. The molecule has 1 aliphatic carbocycles. The van der Waals surface area contributed by atoms with Crippen LogP contribution in [0.4, 0.5) is 8.63 Å². The van der Waals surface area contributed by atoms with E-state index in [-0.39, 0.29) is 16.6 Å². The van der Waals surface area contributed by atoms with Gasteiger partial charge < -0.3 is 13.1 Å². The fourth-order valence-corrected chi connectivity index (χ4v) is 6.67. The van der Waals surface area contributed by atoms with Gasteiger partial charge in [-0.05, 0) is 39.2 Å². The topological polar surface area (TPSA) is 96.1 Å². The second-order valence-corrected chi connectivity index (χ2v) is 9.24. The first kappa shape index (κ1) is 20.7. The van der Waals surface area contributed by atoms with Crippen molar-refractivity contribution in [2.75, 3.05) is 0 Å². The molecule has 0 saturated heterocycles. The number of hydrogen-bond acceptors (Lipinski definition) is 6. The maximum absolute atomic E-state index is 15.6. The van der Waals surface area contributed by atoms with Crippen LogP contribution in [0.1, 0.15) is 34.6 Å². The van der Waals surface area contributed by atoms with Crippen molar-refractivity contribution in [1.29, 1.82) is 0 Å². The number of rotatable bonds is 4. The molecule has 0 radical (unpaired) electrons. The minimum Gasteiger partial charge on any atom is -0.408 e. The van der Waals surface area contributed by atoms with E-state index in [1.165, 1.54) is 13.8 Å². The monoisotopic (exact) mass is 423 g/mol. The summed E-state index contributed by atoms with van der Waals surface area (Å²) >= 11 is 0.661. The van der Waals surface area contributed by atoms with Crippen molar-refractivity contribution in [1.82, 2.24) is 0 Å². The molecule has 0 amide bonds. The summed E-state index contributed by atoms with van der Waals surface area (Å²) < 4.78 is 69.9. The van der Waals surface area contributed by atoms with E-state index < -0.39 is 39.7 Å². The highest BCUT2D eigenvalue weighted by Gasteiger charge is 2.62. The van der Waals surface area contributed by atoms with Gasteiger partial charge in [0, 0.05) is 11.5 Å². The minimum absolute atomic E-state index is 0.0863. The van der Waals surface area contributed by atoms with Crippen LogP contribution in [0.15, 0.2) is 32.0 Å². The molecule has 0 spiro atoms. The van der Waals surface area contributed by atoms with Crippen LogP contribution in [0.5, 0.6) is 0 Å². The highest BCUT2D eigenvalue weighted by molar-refractivity contribution is 7.98. The highest BCUT2D eigenvalue weighted by Crippen LogP contribution is 2.53. The molecule has 0 saturated carbocycles. The lowest BCUT2D eigenvalue weighted by Crippen LogP contribution is -2.55. The summed E-state index contributed by atoms with van der Waals surface area (Å²) in [4.78, 5) is 0.0703. The van der Waals surface area contributed by atoms with Gasteiger partial charge in [-0.15, -0.1) is 4.33 Å². The van der Waals surface area contributed by atoms with E-state index in [4.69, 9.17) is 5.26 Å². The maximum Gasteiger partial charge on any atom is 0.636 e. The minimum atomic E-state index is -4.62. The summed E-state index contributed by atoms with van der Waals surface area (Å²) in [5, 5.41) is 12.0. The van der Waals surface area contributed by atoms with Crippen LogP contribution < -0.4 is 0 Å². The molecule has 0 bridgehead atoms. The van der Waals surface area contributed by atoms with Gasteiger partial charge >= 0.3 is 6.84 Å². The summed E-state index contributed by atoms with van der Waals surface area (Å²) in [6, 6.07) is -0.756.